The topological polar surface area (TPSA) is 75.4 Å². The summed E-state index contributed by atoms with van der Waals surface area (Å²) in [6.07, 6.45) is 0.291. The van der Waals surface area contributed by atoms with E-state index in [9.17, 15) is 9.59 Å². The molecule has 1 heterocycles. The first-order valence-electron chi connectivity index (χ1n) is 5.53. The molecule has 0 fully saturated rings. The molecule has 17 heavy (non-hydrogen) atoms. The van der Waals surface area contributed by atoms with Crippen LogP contribution in [0.2, 0.25) is 0 Å². The van der Waals surface area contributed by atoms with E-state index >= 15 is 0 Å². The molecule has 0 spiro atoms. The molecule has 0 atom stereocenters. The van der Waals surface area contributed by atoms with E-state index in [1.54, 1.807) is 4.90 Å². The summed E-state index contributed by atoms with van der Waals surface area (Å²) in [5.41, 5.74) is 7.82. The van der Waals surface area contributed by atoms with Gasteiger partial charge in [0.25, 0.3) is 0 Å². The van der Waals surface area contributed by atoms with Gasteiger partial charge in [0.05, 0.1) is 17.9 Å². The van der Waals surface area contributed by atoms with E-state index in [1.807, 2.05) is 25.1 Å². The molecule has 5 nitrogen and oxygen atoms in total. The van der Waals surface area contributed by atoms with Crippen molar-refractivity contribution in [3.63, 3.8) is 0 Å². The van der Waals surface area contributed by atoms with Crippen molar-refractivity contribution in [3.05, 3.63) is 23.8 Å². The van der Waals surface area contributed by atoms with Crippen molar-refractivity contribution < 1.29 is 9.59 Å². The highest BCUT2D eigenvalue weighted by Crippen LogP contribution is 2.29. The Morgan fingerprint density at radius 3 is 3.00 bits per heavy atom. The lowest BCUT2D eigenvalue weighted by atomic mass is 10.1. The number of rotatable bonds is 1. The molecule has 0 saturated carbocycles. The number of nitrogens with zero attached hydrogens (tertiary/aromatic N) is 1. The van der Waals surface area contributed by atoms with Gasteiger partial charge in [-0.25, -0.2) is 0 Å². The fourth-order valence-electron chi connectivity index (χ4n) is 1.89. The van der Waals surface area contributed by atoms with Crippen LogP contribution in [-0.2, 0) is 9.59 Å². The minimum Gasteiger partial charge on any atom is -0.324 e. The van der Waals surface area contributed by atoms with Crippen LogP contribution in [-0.4, -0.2) is 24.9 Å². The Morgan fingerprint density at radius 2 is 2.29 bits per heavy atom. The summed E-state index contributed by atoms with van der Waals surface area (Å²) in [5.74, 6) is -0.254. The number of carbonyl (C=O) groups excluding carboxylic acids is 2. The summed E-state index contributed by atoms with van der Waals surface area (Å²) >= 11 is 0. The molecule has 0 unspecified atom stereocenters. The van der Waals surface area contributed by atoms with Crippen LogP contribution in [0.5, 0.6) is 0 Å². The van der Waals surface area contributed by atoms with E-state index in [1.165, 1.54) is 0 Å². The van der Waals surface area contributed by atoms with Gasteiger partial charge in [-0.3, -0.25) is 9.59 Å². The van der Waals surface area contributed by atoms with Crippen LogP contribution in [0.1, 0.15) is 12.0 Å². The Morgan fingerprint density at radius 1 is 1.53 bits per heavy atom. The van der Waals surface area contributed by atoms with Gasteiger partial charge in [-0.05, 0) is 24.6 Å². The lowest BCUT2D eigenvalue weighted by Crippen LogP contribution is -2.36. The average molecular weight is 233 g/mol. The first-order chi connectivity index (χ1) is 8.11. The highest BCUT2D eigenvalue weighted by Gasteiger charge is 2.22. The van der Waals surface area contributed by atoms with Crippen molar-refractivity contribution in [3.8, 4) is 0 Å². The van der Waals surface area contributed by atoms with E-state index in [4.69, 9.17) is 5.73 Å². The van der Waals surface area contributed by atoms with Crippen LogP contribution in [0.4, 0.5) is 11.4 Å². The summed E-state index contributed by atoms with van der Waals surface area (Å²) in [6.45, 7) is 2.26. The SMILES string of the molecule is Cc1ccc2c(c1)N(C(=O)CN)CCC(=O)N2. The van der Waals surface area contributed by atoms with Gasteiger partial charge in [0.15, 0.2) is 0 Å². The highest BCUT2D eigenvalue weighted by atomic mass is 16.2. The summed E-state index contributed by atoms with van der Waals surface area (Å²) in [4.78, 5) is 24.8. The second-order valence-corrected chi connectivity index (χ2v) is 4.07. The van der Waals surface area contributed by atoms with E-state index in [0.717, 1.165) is 11.3 Å². The number of hydrogen-bond acceptors (Lipinski definition) is 3. The third kappa shape index (κ3) is 2.29. The molecule has 0 bridgehead atoms. The van der Waals surface area contributed by atoms with Crippen LogP contribution in [0.15, 0.2) is 18.2 Å². The van der Waals surface area contributed by atoms with Crippen LogP contribution in [0, 0.1) is 6.92 Å². The molecular weight excluding hydrogens is 218 g/mol. The van der Waals surface area contributed by atoms with Gasteiger partial charge in [0.2, 0.25) is 11.8 Å². The molecule has 1 aliphatic heterocycles. The lowest BCUT2D eigenvalue weighted by molar-refractivity contribution is -0.117. The molecule has 5 heteroatoms. The second-order valence-electron chi connectivity index (χ2n) is 4.07. The zero-order valence-corrected chi connectivity index (χ0v) is 9.69. The smallest absolute Gasteiger partial charge is 0.240 e. The summed E-state index contributed by atoms with van der Waals surface area (Å²) in [5, 5.41) is 2.78. The molecular formula is C12H15N3O2. The maximum Gasteiger partial charge on any atom is 0.240 e. The van der Waals surface area contributed by atoms with Crippen LogP contribution >= 0.6 is 0 Å². The van der Waals surface area contributed by atoms with Crippen LogP contribution < -0.4 is 16.0 Å². The molecule has 1 aromatic rings. The maximum absolute atomic E-state index is 11.8. The minimum atomic E-state index is -0.173. The Labute approximate surface area is 99.6 Å². The third-order valence-electron chi connectivity index (χ3n) is 2.76. The molecule has 0 aliphatic carbocycles. The number of nitrogens with one attached hydrogen (secondary N) is 1. The maximum atomic E-state index is 11.8. The first kappa shape index (κ1) is 11.6. The van der Waals surface area contributed by atoms with Crippen molar-refractivity contribution in [2.24, 2.45) is 5.73 Å². The number of hydrogen-bond donors (Lipinski definition) is 2. The number of fused-ring (bicyclic) bond motifs is 1. The standard InChI is InChI=1S/C12H15N3O2/c1-8-2-3-9-10(6-8)15(12(17)7-13)5-4-11(16)14-9/h2-3,6H,4-5,7,13H2,1H3,(H,14,16). The molecule has 1 aromatic carbocycles. The van der Waals surface area contributed by atoms with E-state index in [-0.39, 0.29) is 18.4 Å². The predicted molar refractivity (Wildman–Crippen MR) is 65.8 cm³/mol. The average Bonchev–Trinajstić information content (AvgIpc) is 2.47. The summed E-state index contributed by atoms with van der Waals surface area (Å²) in [7, 11) is 0. The van der Waals surface area contributed by atoms with E-state index in [0.29, 0.717) is 18.7 Å². The largest absolute Gasteiger partial charge is 0.324 e. The number of anilines is 2. The van der Waals surface area contributed by atoms with Crippen LogP contribution in [0.3, 0.4) is 0 Å². The normalized spacial score (nSPS) is 14.9. The molecule has 3 N–H and O–H groups in total. The minimum absolute atomic E-state index is 0.0540. The Balaban J connectivity index is 2.47. The van der Waals surface area contributed by atoms with Gasteiger partial charge < -0.3 is 16.0 Å². The van der Waals surface area contributed by atoms with Crippen molar-refractivity contribution in [2.75, 3.05) is 23.3 Å². The van der Waals surface area contributed by atoms with Gasteiger partial charge in [-0.2, -0.15) is 0 Å². The third-order valence-corrected chi connectivity index (χ3v) is 2.76. The fraction of sp³-hybridized carbons (Fsp3) is 0.333. The van der Waals surface area contributed by atoms with Crippen molar-refractivity contribution >= 4 is 23.2 Å². The van der Waals surface area contributed by atoms with Gasteiger partial charge in [-0.15, -0.1) is 0 Å². The molecule has 0 radical (unpaired) electrons. The number of carbonyl (C=O) groups is 2. The zero-order chi connectivity index (χ0) is 12.4. The molecule has 2 amide bonds. The quantitative estimate of drug-likeness (QED) is 0.747. The van der Waals surface area contributed by atoms with Crippen molar-refractivity contribution in [1.82, 2.24) is 0 Å². The van der Waals surface area contributed by atoms with Gasteiger partial charge in [0.1, 0.15) is 0 Å². The molecule has 90 valence electrons. The van der Waals surface area contributed by atoms with Gasteiger partial charge in [-0.1, -0.05) is 6.07 Å². The lowest BCUT2D eigenvalue weighted by Gasteiger charge is -2.21. The number of aryl methyl sites for hydroxylation is 1. The van der Waals surface area contributed by atoms with E-state index < -0.39 is 0 Å². The zero-order valence-electron chi connectivity index (χ0n) is 9.69. The number of nitrogens with two attached hydrogens (primary N) is 1. The van der Waals surface area contributed by atoms with Crippen molar-refractivity contribution in [1.29, 1.82) is 0 Å². The van der Waals surface area contributed by atoms with Crippen molar-refractivity contribution in [2.45, 2.75) is 13.3 Å². The highest BCUT2D eigenvalue weighted by molar-refractivity contribution is 6.04. The predicted octanol–water partition coefficient (Wildman–Crippen LogP) is 0.629. The Bertz CT molecular complexity index is 471. The van der Waals surface area contributed by atoms with Gasteiger partial charge in [0, 0.05) is 13.0 Å². The van der Waals surface area contributed by atoms with Crippen LogP contribution in [0.25, 0.3) is 0 Å². The summed E-state index contributed by atoms with van der Waals surface area (Å²) < 4.78 is 0. The molecule has 0 saturated heterocycles. The monoisotopic (exact) mass is 233 g/mol. The second kappa shape index (κ2) is 4.55. The number of amides is 2. The first-order valence-corrected chi connectivity index (χ1v) is 5.53. The Kier molecular flexibility index (Phi) is 3.10. The summed E-state index contributed by atoms with van der Waals surface area (Å²) in [6, 6.07) is 5.59. The molecule has 2 rings (SSSR count). The molecule has 1 aliphatic rings. The van der Waals surface area contributed by atoms with Gasteiger partial charge >= 0.3 is 0 Å². The Hall–Kier alpha value is -1.88. The molecule has 0 aromatic heterocycles. The van der Waals surface area contributed by atoms with E-state index in [2.05, 4.69) is 5.32 Å². The number of benzene rings is 1. The fourth-order valence-corrected chi connectivity index (χ4v) is 1.89.